The molecule has 0 amide bonds. The molecule has 0 saturated carbocycles. The first-order valence-corrected chi connectivity index (χ1v) is 6.00. The van der Waals surface area contributed by atoms with Crippen molar-refractivity contribution in [2.45, 2.75) is 12.8 Å². The highest BCUT2D eigenvalue weighted by molar-refractivity contribution is 7.98. The second kappa shape index (κ2) is 6.48. The molecule has 0 aliphatic heterocycles. The van der Waals surface area contributed by atoms with Crippen LogP contribution in [0, 0.1) is 0 Å². The number of H-pyrrole nitrogens is 1. The van der Waals surface area contributed by atoms with Gasteiger partial charge in [0.1, 0.15) is 5.82 Å². The van der Waals surface area contributed by atoms with E-state index in [2.05, 4.69) is 21.5 Å². The molecule has 0 unspecified atom stereocenters. The summed E-state index contributed by atoms with van der Waals surface area (Å²) in [4.78, 5) is 17.3. The molecule has 0 aliphatic rings. The maximum Gasteiger partial charge on any atom is 0.252 e. The van der Waals surface area contributed by atoms with Gasteiger partial charge in [0.05, 0.1) is 6.33 Å². The van der Waals surface area contributed by atoms with Crippen LogP contribution in [0.2, 0.25) is 0 Å². The monoisotopic (exact) mass is 213 g/mol. The van der Waals surface area contributed by atoms with Gasteiger partial charge in [0, 0.05) is 12.6 Å². The maximum absolute atomic E-state index is 10.9. The molecule has 0 aliphatic carbocycles. The van der Waals surface area contributed by atoms with Gasteiger partial charge in [-0.15, -0.1) is 0 Å². The van der Waals surface area contributed by atoms with Crippen molar-refractivity contribution in [3.05, 3.63) is 22.7 Å². The van der Waals surface area contributed by atoms with E-state index in [1.165, 1.54) is 24.6 Å². The van der Waals surface area contributed by atoms with Gasteiger partial charge < -0.3 is 10.3 Å². The smallest absolute Gasteiger partial charge is 0.252 e. The Kier molecular flexibility index (Phi) is 5.14. The normalized spacial score (nSPS) is 10.1. The molecule has 0 aromatic carbocycles. The van der Waals surface area contributed by atoms with E-state index in [-0.39, 0.29) is 5.56 Å². The zero-order valence-electron chi connectivity index (χ0n) is 8.25. The first kappa shape index (κ1) is 11.1. The molecule has 1 aromatic heterocycles. The molecule has 1 heterocycles. The maximum atomic E-state index is 10.9. The average Bonchev–Trinajstić information content (AvgIpc) is 2.18. The predicted octanol–water partition coefficient (Wildman–Crippen LogP) is 1.32. The Labute approximate surface area is 87.5 Å². The van der Waals surface area contributed by atoms with E-state index in [1.54, 1.807) is 0 Å². The lowest BCUT2D eigenvalue weighted by molar-refractivity contribution is 0.838. The lowest BCUT2D eigenvalue weighted by Gasteiger charge is -2.03. The Morgan fingerprint density at radius 2 is 2.43 bits per heavy atom. The van der Waals surface area contributed by atoms with Gasteiger partial charge in [0.25, 0.3) is 5.56 Å². The number of anilines is 1. The molecular weight excluding hydrogens is 198 g/mol. The van der Waals surface area contributed by atoms with Gasteiger partial charge in [0.15, 0.2) is 0 Å². The van der Waals surface area contributed by atoms with E-state index in [1.807, 2.05) is 11.8 Å². The predicted molar refractivity (Wildman–Crippen MR) is 61.0 cm³/mol. The molecule has 0 bridgehead atoms. The van der Waals surface area contributed by atoms with Gasteiger partial charge in [-0.25, -0.2) is 4.98 Å². The fourth-order valence-electron chi connectivity index (χ4n) is 1.05. The molecule has 1 rings (SSSR count). The first-order valence-electron chi connectivity index (χ1n) is 4.60. The standard InChI is InChI=1S/C9H15N3OS/c1-14-5-3-2-4-10-8-6-9(13)12-7-11-8/h6-7H,2-5H2,1H3,(H2,10,11,12,13). The van der Waals surface area contributed by atoms with Crippen molar-refractivity contribution in [1.82, 2.24) is 9.97 Å². The molecule has 4 nitrogen and oxygen atoms in total. The van der Waals surface area contributed by atoms with E-state index in [9.17, 15) is 4.79 Å². The topological polar surface area (TPSA) is 57.8 Å². The summed E-state index contributed by atoms with van der Waals surface area (Å²) in [5.41, 5.74) is -0.119. The van der Waals surface area contributed by atoms with Crippen molar-refractivity contribution in [2.24, 2.45) is 0 Å². The largest absolute Gasteiger partial charge is 0.370 e. The van der Waals surface area contributed by atoms with Gasteiger partial charge in [-0.1, -0.05) is 0 Å². The summed E-state index contributed by atoms with van der Waals surface area (Å²) in [5, 5.41) is 3.10. The van der Waals surface area contributed by atoms with Crippen LogP contribution in [0.25, 0.3) is 0 Å². The fraction of sp³-hybridized carbons (Fsp3) is 0.556. The highest BCUT2D eigenvalue weighted by Gasteiger charge is 1.93. The third-order valence-corrected chi connectivity index (χ3v) is 2.46. The van der Waals surface area contributed by atoms with E-state index in [0.717, 1.165) is 13.0 Å². The molecule has 0 atom stereocenters. The Bertz CT molecular complexity index is 313. The molecule has 0 saturated heterocycles. The summed E-state index contributed by atoms with van der Waals surface area (Å²) in [6.07, 6.45) is 5.81. The van der Waals surface area contributed by atoms with Crippen LogP contribution in [0.5, 0.6) is 0 Å². The summed E-state index contributed by atoms with van der Waals surface area (Å²) in [6.45, 7) is 0.872. The molecular formula is C9H15N3OS. The lowest BCUT2D eigenvalue weighted by Crippen LogP contribution is -2.10. The van der Waals surface area contributed by atoms with Gasteiger partial charge >= 0.3 is 0 Å². The number of aromatic nitrogens is 2. The van der Waals surface area contributed by atoms with Crippen LogP contribution >= 0.6 is 11.8 Å². The van der Waals surface area contributed by atoms with Gasteiger partial charge in [-0.2, -0.15) is 11.8 Å². The SMILES string of the molecule is CSCCCCNc1cc(=O)[nH]cn1. The lowest BCUT2D eigenvalue weighted by atomic mass is 10.3. The quantitative estimate of drug-likeness (QED) is 0.700. The van der Waals surface area contributed by atoms with Crippen LogP contribution in [-0.2, 0) is 0 Å². The van der Waals surface area contributed by atoms with Crippen LogP contribution in [0.15, 0.2) is 17.2 Å². The third kappa shape index (κ3) is 4.32. The van der Waals surface area contributed by atoms with Crippen LogP contribution in [0.1, 0.15) is 12.8 Å². The molecule has 0 spiro atoms. The minimum absolute atomic E-state index is 0.119. The number of rotatable bonds is 6. The van der Waals surface area contributed by atoms with Crippen LogP contribution in [-0.4, -0.2) is 28.5 Å². The Morgan fingerprint density at radius 3 is 3.14 bits per heavy atom. The number of nitrogens with zero attached hydrogens (tertiary/aromatic N) is 1. The Balaban J connectivity index is 2.21. The van der Waals surface area contributed by atoms with Crippen molar-refractivity contribution in [3.8, 4) is 0 Å². The van der Waals surface area contributed by atoms with Crippen molar-refractivity contribution < 1.29 is 0 Å². The van der Waals surface area contributed by atoms with Gasteiger partial charge in [0.2, 0.25) is 0 Å². The summed E-state index contributed by atoms with van der Waals surface area (Å²) < 4.78 is 0. The number of thioether (sulfide) groups is 1. The molecule has 1 aromatic rings. The van der Waals surface area contributed by atoms with Crippen LogP contribution in [0.4, 0.5) is 5.82 Å². The number of hydrogen-bond acceptors (Lipinski definition) is 4. The minimum atomic E-state index is -0.119. The summed E-state index contributed by atoms with van der Waals surface area (Å²) in [5.74, 6) is 1.84. The molecule has 5 heteroatoms. The van der Waals surface area contributed by atoms with E-state index in [0.29, 0.717) is 5.82 Å². The Morgan fingerprint density at radius 1 is 1.57 bits per heavy atom. The zero-order valence-corrected chi connectivity index (χ0v) is 9.06. The molecule has 0 fully saturated rings. The third-order valence-electron chi connectivity index (χ3n) is 1.76. The zero-order chi connectivity index (χ0) is 10.2. The van der Waals surface area contributed by atoms with Crippen LogP contribution < -0.4 is 10.9 Å². The van der Waals surface area contributed by atoms with E-state index < -0.39 is 0 Å². The van der Waals surface area contributed by atoms with Crippen molar-refractivity contribution in [2.75, 3.05) is 23.9 Å². The number of hydrogen-bond donors (Lipinski definition) is 2. The summed E-state index contributed by atoms with van der Waals surface area (Å²) in [6, 6.07) is 1.47. The summed E-state index contributed by atoms with van der Waals surface area (Å²) in [7, 11) is 0. The van der Waals surface area contributed by atoms with Gasteiger partial charge in [-0.05, 0) is 24.9 Å². The second-order valence-corrected chi connectivity index (χ2v) is 3.91. The second-order valence-electron chi connectivity index (χ2n) is 2.92. The van der Waals surface area contributed by atoms with Crippen molar-refractivity contribution in [1.29, 1.82) is 0 Å². The van der Waals surface area contributed by atoms with E-state index in [4.69, 9.17) is 0 Å². The first-order chi connectivity index (χ1) is 6.83. The molecule has 78 valence electrons. The fourth-order valence-corrected chi connectivity index (χ4v) is 1.55. The van der Waals surface area contributed by atoms with Gasteiger partial charge in [-0.3, -0.25) is 4.79 Å². The molecule has 0 radical (unpaired) electrons. The highest BCUT2D eigenvalue weighted by atomic mass is 32.2. The number of aromatic amines is 1. The number of nitrogens with one attached hydrogen (secondary N) is 2. The van der Waals surface area contributed by atoms with Crippen molar-refractivity contribution in [3.63, 3.8) is 0 Å². The highest BCUT2D eigenvalue weighted by Crippen LogP contribution is 2.00. The molecule has 14 heavy (non-hydrogen) atoms. The average molecular weight is 213 g/mol. The number of unbranched alkanes of at least 4 members (excludes halogenated alkanes) is 1. The van der Waals surface area contributed by atoms with Crippen molar-refractivity contribution >= 4 is 17.6 Å². The summed E-state index contributed by atoms with van der Waals surface area (Å²) >= 11 is 1.85. The minimum Gasteiger partial charge on any atom is -0.370 e. The van der Waals surface area contributed by atoms with Crippen LogP contribution in [0.3, 0.4) is 0 Å². The van der Waals surface area contributed by atoms with E-state index >= 15 is 0 Å². The molecule has 2 N–H and O–H groups in total. The Hall–Kier alpha value is -0.970.